The average molecular weight is 400 g/mol. The second-order valence-electron chi connectivity index (χ2n) is 7.72. The molecule has 30 heavy (non-hydrogen) atoms. The van der Waals surface area contributed by atoms with Crippen molar-refractivity contribution in [3.63, 3.8) is 0 Å². The topological polar surface area (TPSA) is 69.0 Å². The Morgan fingerprint density at radius 1 is 1.10 bits per heavy atom. The molecule has 2 aromatic carbocycles. The third kappa shape index (κ3) is 3.09. The third-order valence-corrected chi connectivity index (χ3v) is 5.92. The molecule has 0 saturated carbocycles. The van der Waals surface area contributed by atoms with Crippen molar-refractivity contribution in [2.45, 2.75) is 38.6 Å². The molecule has 5 rings (SSSR count). The van der Waals surface area contributed by atoms with Gasteiger partial charge in [-0.25, -0.2) is 4.68 Å². The first kappa shape index (κ1) is 18.6. The largest absolute Gasteiger partial charge is 0.497 e. The number of ketones is 1. The Balaban J connectivity index is 1.62. The highest BCUT2D eigenvalue weighted by Crippen LogP contribution is 2.40. The summed E-state index contributed by atoms with van der Waals surface area (Å²) in [7, 11) is 1.65. The summed E-state index contributed by atoms with van der Waals surface area (Å²) in [6.07, 6.45) is 3.29. The summed E-state index contributed by atoms with van der Waals surface area (Å²) in [5, 5.41) is 8.21. The number of ether oxygens (including phenoxy) is 1. The molecule has 6 nitrogen and oxygen atoms in total. The van der Waals surface area contributed by atoms with E-state index in [1.54, 1.807) is 7.11 Å². The van der Waals surface area contributed by atoms with Crippen LogP contribution in [-0.2, 0) is 11.2 Å². The van der Waals surface area contributed by atoms with Gasteiger partial charge in [0.25, 0.3) is 0 Å². The maximum atomic E-state index is 12.9. The number of aryl methyl sites for hydroxylation is 1. The summed E-state index contributed by atoms with van der Waals surface area (Å²) in [6, 6.07) is 15.9. The number of hydrogen-bond acceptors (Lipinski definition) is 5. The molecule has 6 heteroatoms. The number of allylic oxidation sites excluding steroid dienone is 2. The molecule has 1 N–H and O–H groups in total. The van der Waals surface area contributed by atoms with E-state index >= 15 is 0 Å². The summed E-state index contributed by atoms with van der Waals surface area (Å²) in [5.41, 5.74) is 5.04. The number of methoxy groups -OCH3 is 1. The monoisotopic (exact) mass is 400 g/mol. The molecule has 0 radical (unpaired) electrons. The fourth-order valence-corrected chi connectivity index (χ4v) is 4.26. The third-order valence-electron chi connectivity index (χ3n) is 5.92. The number of aromatic nitrogens is 3. The second kappa shape index (κ2) is 7.44. The lowest BCUT2D eigenvalue weighted by molar-refractivity contribution is -0.116. The van der Waals surface area contributed by atoms with E-state index in [0.29, 0.717) is 18.2 Å². The van der Waals surface area contributed by atoms with Crippen LogP contribution >= 0.6 is 0 Å². The minimum atomic E-state index is -0.255. The Hall–Kier alpha value is -3.41. The summed E-state index contributed by atoms with van der Waals surface area (Å²) < 4.78 is 7.12. The van der Waals surface area contributed by atoms with Gasteiger partial charge in [0.15, 0.2) is 11.6 Å². The maximum Gasteiger partial charge on any atom is 0.226 e. The van der Waals surface area contributed by atoms with Crippen molar-refractivity contribution in [1.29, 1.82) is 0 Å². The first-order valence-corrected chi connectivity index (χ1v) is 10.4. The van der Waals surface area contributed by atoms with Gasteiger partial charge in [0.2, 0.25) is 5.95 Å². The SMILES string of the molecule is CCc1ccc(C2C3=C(CCCC3=O)Nc3nc(-c4ccc(OC)cc4)nn32)cc1. The number of Topliss-reactive ketones (excluding diaryl/α,β-unsaturated/α-hetero) is 1. The second-order valence-corrected chi connectivity index (χ2v) is 7.72. The molecule has 2 heterocycles. The van der Waals surface area contributed by atoms with Crippen molar-refractivity contribution in [2.75, 3.05) is 12.4 Å². The predicted octanol–water partition coefficient (Wildman–Crippen LogP) is 4.54. The van der Waals surface area contributed by atoms with Crippen molar-refractivity contribution in [3.05, 3.63) is 70.9 Å². The number of hydrogen-bond donors (Lipinski definition) is 1. The molecular weight excluding hydrogens is 376 g/mol. The van der Waals surface area contributed by atoms with Crippen LogP contribution in [-0.4, -0.2) is 27.7 Å². The van der Waals surface area contributed by atoms with Crippen LogP contribution in [0, 0.1) is 0 Å². The Labute approximate surface area is 175 Å². The van der Waals surface area contributed by atoms with Crippen molar-refractivity contribution in [1.82, 2.24) is 14.8 Å². The van der Waals surface area contributed by atoms with Crippen LogP contribution in [0.4, 0.5) is 5.95 Å². The maximum absolute atomic E-state index is 12.9. The zero-order chi connectivity index (χ0) is 20.7. The van der Waals surface area contributed by atoms with Crippen LogP contribution in [0.15, 0.2) is 59.8 Å². The number of fused-ring (bicyclic) bond motifs is 1. The van der Waals surface area contributed by atoms with Crippen LogP contribution in [0.2, 0.25) is 0 Å². The van der Waals surface area contributed by atoms with Crippen molar-refractivity contribution < 1.29 is 9.53 Å². The van der Waals surface area contributed by atoms with Gasteiger partial charge in [0, 0.05) is 23.3 Å². The summed E-state index contributed by atoms with van der Waals surface area (Å²) in [6.45, 7) is 2.14. The molecule has 0 fully saturated rings. The highest BCUT2D eigenvalue weighted by Gasteiger charge is 2.36. The first-order valence-electron chi connectivity index (χ1n) is 10.4. The summed E-state index contributed by atoms with van der Waals surface area (Å²) in [5.74, 6) is 2.29. The summed E-state index contributed by atoms with van der Waals surface area (Å²) >= 11 is 0. The fraction of sp³-hybridized carbons (Fsp3) is 0.292. The molecule has 0 amide bonds. The Bertz CT molecular complexity index is 1130. The van der Waals surface area contributed by atoms with Crippen LogP contribution in [0.1, 0.15) is 43.4 Å². The zero-order valence-electron chi connectivity index (χ0n) is 17.2. The first-order chi connectivity index (χ1) is 14.7. The Kier molecular flexibility index (Phi) is 4.62. The number of nitrogens with one attached hydrogen (secondary N) is 1. The molecule has 1 aliphatic carbocycles. The van der Waals surface area contributed by atoms with Crippen LogP contribution in [0.5, 0.6) is 5.75 Å². The molecule has 0 saturated heterocycles. The number of anilines is 1. The van der Waals surface area contributed by atoms with Gasteiger partial charge in [-0.3, -0.25) is 4.79 Å². The molecule has 3 aromatic rings. The number of nitrogens with zero attached hydrogens (tertiary/aromatic N) is 3. The van der Waals surface area contributed by atoms with Gasteiger partial charge < -0.3 is 10.1 Å². The summed E-state index contributed by atoms with van der Waals surface area (Å²) in [4.78, 5) is 17.7. The van der Waals surface area contributed by atoms with Crippen molar-refractivity contribution in [2.24, 2.45) is 0 Å². The number of carbonyl (C=O) groups excluding carboxylic acids is 1. The van der Waals surface area contributed by atoms with E-state index in [1.807, 2.05) is 28.9 Å². The van der Waals surface area contributed by atoms with E-state index in [-0.39, 0.29) is 11.8 Å². The van der Waals surface area contributed by atoms with Gasteiger partial charge in [-0.05, 0) is 54.7 Å². The van der Waals surface area contributed by atoms with Gasteiger partial charge >= 0.3 is 0 Å². The average Bonchev–Trinajstić information content (AvgIpc) is 3.22. The fourth-order valence-electron chi connectivity index (χ4n) is 4.26. The normalized spacial score (nSPS) is 17.9. The van der Waals surface area contributed by atoms with Gasteiger partial charge in [0.05, 0.1) is 7.11 Å². The lowest BCUT2D eigenvalue weighted by atomic mass is 9.85. The molecule has 1 unspecified atom stereocenters. The molecular formula is C24H24N4O2. The molecule has 2 aliphatic rings. The highest BCUT2D eigenvalue weighted by molar-refractivity contribution is 5.99. The van der Waals surface area contributed by atoms with Gasteiger partial charge in [-0.1, -0.05) is 31.2 Å². The van der Waals surface area contributed by atoms with E-state index in [2.05, 4.69) is 36.5 Å². The minimum absolute atomic E-state index is 0.195. The molecule has 1 atom stereocenters. The van der Waals surface area contributed by atoms with E-state index in [0.717, 1.165) is 47.4 Å². The molecule has 1 aliphatic heterocycles. The molecule has 0 spiro atoms. The predicted molar refractivity (Wildman–Crippen MR) is 115 cm³/mol. The van der Waals surface area contributed by atoms with E-state index in [9.17, 15) is 4.79 Å². The van der Waals surface area contributed by atoms with Crippen molar-refractivity contribution >= 4 is 11.7 Å². The zero-order valence-corrected chi connectivity index (χ0v) is 17.2. The lowest BCUT2D eigenvalue weighted by Gasteiger charge is -2.32. The quantitative estimate of drug-likeness (QED) is 0.696. The van der Waals surface area contributed by atoms with Crippen LogP contribution in [0.25, 0.3) is 11.4 Å². The smallest absolute Gasteiger partial charge is 0.226 e. The Morgan fingerprint density at radius 2 is 1.87 bits per heavy atom. The van der Waals surface area contributed by atoms with E-state index < -0.39 is 0 Å². The number of carbonyl (C=O) groups is 1. The molecule has 0 bridgehead atoms. The van der Waals surface area contributed by atoms with Crippen molar-refractivity contribution in [3.8, 4) is 17.1 Å². The van der Waals surface area contributed by atoms with E-state index in [4.69, 9.17) is 14.8 Å². The molecule has 1 aromatic heterocycles. The Morgan fingerprint density at radius 3 is 2.57 bits per heavy atom. The minimum Gasteiger partial charge on any atom is -0.497 e. The van der Waals surface area contributed by atoms with Gasteiger partial charge in [-0.2, -0.15) is 4.98 Å². The van der Waals surface area contributed by atoms with Crippen LogP contribution < -0.4 is 10.1 Å². The van der Waals surface area contributed by atoms with E-state index in [1.165, 1.54) is 5.56 Å². The van der Waals surface area contributed by atoms with Gasteiger partial charge in [-0.15, -0.1) is 5.10 Å². The van der Waals surface area contributed by atoms with Crippen LogP contribution in [0.3, 0.4) is 0 Å². The molecule has 152 valence electrons. The number of benzene rings is 2. The standard InChI is InChI=1S/C24H24N4O2/c1-3-15-7-9-16(10-8-15)22-21-19(5-4-6-20(21)29)25-24-26-23(27-28(22)24)17-11-13-18(30-2)14-12-17/h7-14,22H,3-6H2,1-2H3,(H,25,26,27). The van der Waals surface area contributed by atoms with Gasteiger partial charge in [0.1, 0.15) is 11.8 Å². The lowest BCUT2D eigenvalue weighted by Crippen LogP contribution is -2.31. The number of rotatable bonds is 4. The highest BCUT2D eigenvalue weighted by atomic mass is 16.5.